The van der Waals surface area contributed by atoms with Crippen LogP contribution >= 0.6 is 11.6 Å². The molecule has 1 N–H and O–H groups in total. The fraction of sp³-hybridized carbons (Fsp3) is 0.154. The predicted octanol–water partition coefficient (Wildman–Crippen LogP) is 5.54. The smallest absolute Gasteiger partial charge is 0.307 e. The summed E-state index contributed by atoms with van der Waals surface area (Å²) in [6.07, 6.45) is 0.669. The zero-order valence-electron chi connectivity index (χ0n) is 17.5. The van der Waals surface area contributed by atoms with E-state index in [2.05, 4.69) is 0 Å². The van der Waals surface area contributed by atoms with Crippen LogP contribution in [0.3, 0.4) is 0 Å². The quantitative estimate of drug-likeness (QED) is 0.404. The number of nitrogens with zero attached hydrogens (tertiary/aromatic N) is 1. The topological polar surface area (TPSA) is 68.5 Å². The molecule has 4 rings (SSSR count). The van der Waals surface area contributed by atoms with E-state index in [0.29, 0.717) is 34.0 Å². The number of aliphatic carboxylic acids is 1. The average molecular weight is 448 g/mol. The zero-order chi connectivity index (χ0) is 22.7. The Labute approximate surface area is 190 Å². The summed E-state index contributed by atoms with van der Waals surface area (Å²) in [6.45, 7) is 2.36. The first-order chi connectivity index (χ1) is 15.4. The minimum Gasteiger partial charge on any atom is -0.493 e. The molecule has 1 aromatic heterocycles. The second kappa shape index (κ2) is 9.28. The van der Waals surface area contributed by atoms with Crippen molar-refractivity contribution in [3.63, 3.8) is 0 Å². The Morgan fingerprint density at radius 2 is 1.72 bits per heavy atom. The van der Waals surface area contributed by atoms with E-state index in [1.807, 2.05) is 43.3 Å². The number of hydrogen-bond donors (Lipinski definition) is 1. The molecular weight excluding hydrogens is 426 g/mol. The monoisotopic (exact) mass is 447 g/mol. The molecule has 3 aromatic carbocycles. The predicted molar refractivity (Wildman–Crippen MR) is 125 cm³/mol. The van der Waals surface area contributed by atoms with Crippen molar-refractivity contribution in [3.05, 3.63) is 100 Å². The van der Waals surface area contributed by atoms with Crippen LogP contribution < -0.4 is 4.74 Å². The second-order valence-corrected chi connectivity index (χ2v) is 8.03. The van der Waals surface area contributed by atoms with Crippen LogP contribution in [0.5, 0.6) is 5.75 Å². The van der Waals surface area contributed by atoms with Gasteiger partial charge in [-0.3, -0.25) is 14.2 Å². The van der Waals surface area contributed by atoms with Crippen LogP contribution in [0.25, 0.3) is 10.9 Å². The highest BCUT2D eigenvalue weighted by Gasteiger charge is 2.17. The normalized spacial score (nSPS) is 10.9. The number of halogens is 1. The number of ether oxygens (including phenoxy) is 1. The maximum Gasteiger partial charge on any atom is 0.307 e. The Morgan fingerprint density at radius 3 is 2.41 bits per heavy atom. The molecule has 1 heterocycles. The first-order valence-corrected chi connectivity index (χ1v) is 10.6. The van der Waals surface area contributed by atoms with Crippen molar-refractivity contribution in [2.75, 3.05) is 6.61 Å². The van der Waals surface area contributed by atoms with Gasteiger partial charge in [-0.2, -0.15) is 0 Å². The van der Waals surface area contributed by atoms with Gasteiger partial charge in [0.25, 0.3) is 5.91 Å². The van der Waals surface area contributed by atoms with Crippen molar-refractivity contribution in [2.45, 2.75) is 19.8 Å². The summed E-state index contributed by atoms with van der Waals surface area (Å²) in [5, 5.41) is 10.6. The lowest BCUT2D eigenvalue weighted by Crippen LogP contribution is -2.13. The molecule has 0 atom stereocenters. The van der Waals surface area contributed by atoms with Crippen LogP contribution in [0.1, 0.15) is 27.2 Å². The largest absolute Gasteiger partial charge is 0.493 e. The van der Waals surface area contributed by atoms with E-state index < -0.39 is 5.97 Å². The number of carboxylic acids is 1. The first kappa shape index (κ1) is 21.7. The van der Waals surface area contributed by atoms with Crippen molar-refractivity contribution < 1.29 is 19.4 Å². The van der Waals surface area contributed by atoms with Gasteiger partial charge in [0, 0.05) is 28.1 Å². The first-order valence-electron chi connectivity index (χ1n) is 10.3. The Bertz CT molecular complexity index is 1270. The lowest BCUT2D eigenvalue weighted by atomic mass is 10.1. The molecule has 0 fully saturated rings. The van der Waals surface area contributed by atoms with Crippen molar-refractivity contribution in [2.24, 2.45) is 0 Å². The van der Waals surface area contributed by atoms with Gasteiger partial charge in [-0.05, 0) is 66.6 Å². The summed E-state index contributed by atoms with van der Waals surface area (Å²) in [7, 11) is 0. The number of carboxylic acid groups (broad SMARTS) is 1. The number of rotatable bonds is 7. The Hall–Kier alpha value is -3.57. The standard InChI is InChI=1S/C26H22ClNO4/c1-17-15-23-20(16-25(29)30)3-2-4-24(23)28(17)26(31)19-7-11-22(12-8-19)32-14-13-18-5-9-21(27)10-6-18/h2-12,15H,13-14,16H2,1H3,(H,29,30). The minimum absolute atomic E-state index is 0.0863. The number of carbonyl (C=O) groups is 2. The molecule has 6 heteroatoms. The fourth-order valence-electron chi connectivity index (χ4n) is 3.77. The van der Waals surface area contributed by atoms with Gasteiger partial charge >= 0.3 is 5.97 Å². The molecule has 0 radical (unpaired) electrons. The van der Waals surface area contributed by atoms with Crippen molar-refractivity contribution in [3.8, 4) is 5.75 Å². The van der Waals surface area contributed by atoms with Gasteiger partial charge in [0.1, 0.15) is 5.75 Å². The van der Waals surface area contributed by atoms with Gasteiger partial charge in [0.15, 0.2) is 0 Å². The summed E-state index contributed by atoms with van der Waals surface area (Å²) >= 11 is 5.90. The van der Waals surface area contributed by atoms with Gasteiger partial charge < -0.3 is 9.84 Å². The summed E-state index contributed by atoms with van der Waals surface area (Å²) in [6, 6.07) is 22.0. The second-order valence-electron chi connectivity index (χ2n) is 7.60. The van der Waals surface area contributed by atoms with Gasteiger partial charge in [-0.25, -0.2) is 0 Å². The Kier molecular flexibility index (Phi) is 6.28. The average Bonchev–Trinajstić information content (AvgIpc) is 3.11. The molecule has 0 aliphatic rings. The van der Waals surface area contributed by atoms with Crippen LogP contribution in [-0.2, 0) is 17.6 Å². The summed E-state index contributed by atoms with van der Waals surface area (Å²) in [4.78, 5) is 24.4. The lowest BCUT2D eigenvalue weighted by Gasteiger charge is -2.10. The maximum absolute atomic E-state index is 13.2. The van der Waals surface area contributed by atoms with Gasteiger partial charge in [0.05, 0.1) is 18.5 Å². The third-order valence-corrected chi connectivity index (χ3v) is 5.59. The highest BCUT2D eigenvalue weighted by atomic mass is 35.5. The lowest BCUT2D eigenvalue weighted by molar-refractivity contribution is -0.136. The molecule has 4 aromatic rings. The van der Waals surface area contributed by atoms with E-state index in [1.54, 1.807) is 41.0 Å². The van der Waals surface area contributed by atoms with Crippen LogP contribution in [-0.4, -0.2) is 28.2 Å². The third-order valence-electron chi connectivity index (χ3n) is 5.34. The maximum atomic E-state index is 13.2. The Morgan fingerprint density at radius 1 is 1.00 bits per heavy atom. The number of carbonyl (C=O) groups excluding carboxylic acids is 1. The van der Waals surface area contributed by atoms with E-state index in [-0.39, 0.29) is 12.3 Å². The number of benzene rings is 3. The molecule has 0 spiro atoms. The van der Waals surface area contributed by atoms with Gasteiger partial charge in [0.2, 0.25) is 0 Å². The van der Waals surface area contributed by atoms with Crippen molar-refractivity contribution in [1.82, 2.24) is 4.57 Å². The van der Waals surface area contributed by atoms with E-state index in [1.165, 1.54) is 0 Å². The zero-order valence-corrected chi connectivity index (χ0v) is 18.3. The van der Waals surface area contributed by atoms with E-state index >= 15 is 0 Å². The van der Waals surface area contributed by atoms with Crippen molar-refractivity contribution in [1.29, 1.82) is 0 Å². The molecule has 32 heavy (non-hydrogen) atoms. The highest BCUT2D eigenvalue weighted by Crippen LogP contribution is 2.25. The van der Waals surface area contributed by atoms with E-state index in [4.69, 9.17) is 21.4 Å². The summed E-state index contributed by atoms with van der Waals surface area (Å²) < 4.78 is 7.43. The van der Waals surface area contributed by atoms with Gasteiger partial charge in [-0.1, -0.05) is 35.9 Å². The molecule has 0 bridgehead atoms. The Balaban J connectivity index is 1.49. The number of hydrogen-bond acceptors (Lipinski definition) is 3. The number of aryl methyl sites for hydroxylation is 1. The van der Waals surface area contributed by atoms with Crippen molar-refractivity contribution >= 4 is 34.4 Å². The summed E-state index contributed by atoms with van der Waals surface area (Å²) in [5.74, 6) is -0.382. The van der Waals surface area contributed by atoms with E-state index in [9.17, 15) is 9.59 Å². The summed E-state index contributed by atoms with van der Waals surface area (Å²) in [5.41, 5.74) is 3.81. The molecule has 162 valence electrons. The molecule has 0 saturated carbocycles. The molecule has 0 unspecified atom stereocenters. The van der Waals surface area contributed by atoms with Crippen LogP contribution in [0.15, 0.2) is 72.8 Å². The number of aromatic nitrogens is 1. The molecular formula is C26H22ClNO4. The van der Waals surface area contributed by atoms with E-state index in [0.717, 1.165) is 23.1 Å². The van der Waals surface area contributed by atoms with Crippen LogP contribution in [0.4, 0.5) is 0 Å². The van der Waals surface area contributed by atoms with Crippen LogP contribution in [0, 0.1) is 6.92 Å². The molecule has 0 amide bonds. The minimum atomic E-state index is -0.902. The van der Waals surface area contributed by atoms with Crippen LogP contribution in [0.2, 0.25) is 5.02 Å². The SMILES string of the molecule is Cc1cc2c(CC(=O)O)cccc2n1C(=O)c1ccc(OCCc2ccc(Cl)cc2)cc1. The molecule has 0 saturated heterocycles. The third kappa shape index (κ3) is 4.68. The number of fused-ring (bicyclic) bond motifs is 1. The molecule has 5 nitrogen and oxygen atoms in total. The van der Waals surface area contributed by atoms with Gasteiger partial charge in [-0.15, -0.1) is 0 Å². The molecule has 0 aliphatic heterocycles. The fourth-order valence-corrected chi connectivity index (χ4v) is 3.90. The highest BCUT2D eigenvalue weighted by molar-refractivity contribution is 6.30. The molecule has 0 aliphatic carbocycles.